The van der Waals surface area contributed by atoms with E-state index < -0.39 is 6.67 Å². The van der Waals surface area contributed by atoms with Gasteiger partial charge in [0.2, 0.25) is 0 Å². The second kappa shape index (κ2) is 3.55. The minimum Gasteiger partial charge on any atom is -0.324 e. The van der Waals surface area contributed by atoms with Crippen LogP contribution in [0.1, 0.15) is 5.56 Å². The summed E-state index contributed by atoms with van der Waals surface area (Å²) in [7, 11) is 0. The van der Waals surface area contributed by atoms with Crippen molar-refractivity contribution < 1.29 is 4.39 Å². The zero-order valence-electron chi connectivity index (χ0n) is 5.77. The Morgan fingerprint density at radius 3 is 2.82 bits per heavy atom. The molecule has 11 heavy (non-hydrogen) atoms. The van der Waals surface area contributed by atoms with Gasteiger partial charge in [-0.1, -0.05) is 11.6 Å². The molecule has 1 rings (SSSR count). The summed E-state index contributed by atoms with van der Waals surface area (Å²) in [5, 5.41) is 0.423. The van der Waals surface area contributed by atoms with Gasteiger partial charge >= 0.3 is 0 Å². The topological polar surface area (TPSA) is 38.0 Å². The van der Waals surface area contributed by atoms with Crippen LogP contribution in [0.4, 0.5) is 10.1 Å². The summed E-state index contributed by atoms with van der Waals surface area (Å²) >= 11 is 5.64. The maximum absolute atomic E-state index is 12.1. The lowest BCUT2D eigenvalue weighted by molar-refractivity contribution is 0.485. The largest absolute Gasteiger partial charge is 0.324 e. The van der Waals surface area contributed by atoms with Crippen molar-refractivity contribution in [1.82, 2.24) is 0 Å². The van der Waals surface area contributed by atoms with E-state index in [4.69, 9.17) is 17.4 Å². The SMILES string of the molecule is NNc1ccc(Cl)c(CF)c1. The van der Waals surface area contributed by atoms with E-state index in [1.54, 1.807) is 18.2 Å². The highest BCUT2D eigenvalue weighted by molar-refractivity contribution is 6.31. The number of nitrogens with one attached hydrogen (secondary N) is 1. The zero-order chi connectivity index (χ0) is 8.27. The molecular weight excluding hydrogens is 167 g/mol. The molecule has 0 aromatic heterocycles. The highest BCUT2D eigenvalue weighted by atomic mass is 35.5. The number of nitrogen functional groups attached to an aromatic ring is 1. The molecule has 0 bridgehead atoms. The van der Waals surface area contributed by atoms with Gasteiger partial charge < -0.3 is 5.43 Å². The van der Waals surface area contributed by atoms with Gasteiger partial charge in [-0.05, 0) is 18.2 Å². The summed E-state index contributed by atoms with van der Waals surface area (Å²) in [5.74, 6) is 5.11. The number of halogens is 2. The summed E-state index contributed by atoms with van der Waals surface area (Å²) in [4.78, 5) is 0. The summed E-state index contributed by atoms with van der Waals surface area (Å²) < 4.78 is 12.1. The molecule has 2 nitrogen and oxygen atoms in total. The van der Waals surface area contributed by atoms with Gasteiger partial charge in [0, 0.05) is 16.3 Å². The Balaban J connectivity index is 3.02. The Bertz CT molecular complexity index is 252. The quantitative estimate of drug-likeness (QED) is 0.532. The summed E-state index contributed by atoms with van der Waals surface area (Å²) in [6, 6.07) is 4.86. The van der Waals surface area contributed by atoms with Crippen molar-refractivity contribution in [2.75, 3.05) is 5.43 Å². The Kier molecular flexibility index (Phi) is 2.68. The Morgan fingerprint density at radius 2 is 2.27 bits per heavy atom. The maximum atomic E-state index is 12.1. The van der Waals surface area contributed by atoms with Crippen LogP contribution in [0.15, 0.2) is 18.2 Å². The molecule has 3 N–H and O–H groups in total. The van der Waals surface area contributed by atoms with Gasteiger partial charge in [-0.2, -0.15) is 0 Å². The monoisotopic (exact) mass is 174 g/mol. The molecule has 0 atom stereocenters. The van der Waals surface area contributed by atoms with Gasteiger partial charge in [-0.3, -0.25) is 5.84 Å². The standard InChI is InChI=1S/C7H8ClFN2/c8-7-2-1-6(11-10)3-5(7)4-9/h1-3,11H,4,10H2. The molecule has 0 spiro atoms. The number of anilines is 1. The average molecular weight is 175 g/mol. The Hall–Kier alpha value is -0.800. The predicted octanol–water partition coefficient (Wildman–Crippen LogP) is 2.10. The molecule has 0 aliphatic heterocycles. The van der Waals surface area contributed by atoms with Crippen molar-refractivity contribution in [2.45, 2.75) is 6.67 Å². The molecule has 0 radical (unpaired) electrons. The van der Waals surface area contributed by atoms with E-state index >= 15 is 0 Å². The summed E-state index contributed by atoms with van der Waals surface area (Å²) in [6.07, 6.45) is 0. The first kappa shape index (κ1) is 8.30. The fraction of sp³-hybridized carbons (Fsp3) is 0.143. The van der Waals surface area contributed by atoms with Crippen molar-refractivity contribution in [3.8, 4) is 0 Å². The van der Waals surface area contributed by atoms with E-state index in [0.29, 0.717) is 16.3 Å². The molecule has 0 aliphatic carbocycles. The Labute approximate surface area is 69.1 Å². The molecule has 0 unspecified atom stereocenters. The second-order valence-corrected chi connectivity index (χ2v) is 2.49. The smallest absolute Gasteiger partial charge is 0.116 e. The normalized spacial score (nSPS) is 9.73. The van der Waals surface area contributed by atoms with E-state index in [0.717, 1.165) is 0 Å². The van der Waals surface area contributed by atoms with Crippen LogP contribution >= 0.6 is 11.6 Å². The average Bonchev–Trinajstić information content (AvgIpc) is 2.05. The van der Waals surface area contributed by atoms with Crippen LogP contribution in [0.25, 0.3) is 0 Å². The van der Waals surface area contributed by atoms with E-state index in [1.807, 2.05) is 0 Å². The predicted molar refractivity (Wildman–Crippen MR) is 44.1 cm³/mol. The van der Waals surface area contributed by atoms with Crippen molar-refractivity contribution in [2.24, 2.45) is 5.84 Å². The van der Waals surface area contributed by atoms with Gasteiger partial charge in [0.25, 0.3) is 0 Å². The molecule has 60 valence electrons. The molecule has 0 saturated carbocycles. The van der Waals surface area contributed by atoms with Crippen LogP contribution in [0, 0.1) is 0 Å². The van der Waals surface area contributed by atoms with Crippen LogP contribution in [0.2, 0.25) is 5.02 Å². The summed E-state index contributed by atoms with van der Waals surface area (Å²) in [5.41, 5.74) is 3.50. The van der Waals surface area contributed by atoms with Gasteiger partial charge in [0.15, 0.2) is 0 Å². The van der Waals surface area contributed by atoms with E-state index in [1.165, 1.54) is 0 Å². The number of hydrogen-bond acceptors (Lipinski definition) is 2. The van der Waals surface area contributed by atoms with E-state index in [-0.39, 0.29) is 0 Å². The molecule has 0 aliphatic rings. The van der Waals surface area contributed by atoms with Crippen LogP contribution in [-0.2, 0) is 6.67 Å². The number of alkyl halides is 1. The molecule has 0 fully saturated rings. The minimum atomic E-state index is -0.575. The van der Waals surface area contributed by atoms with E-state index in [2.05, 4.69) is 5.43 Å². The molecule has 0 amide bonds. The van der Waals surface area contributed by atoms with E-state index in [9.17, 15) is 4.39 Å². The first-order valence-electron chi connectivity index (χ1n) is 3.09. The third kappa shape index (κ3) is 1.82. The third-order valence-electron chi connectivity index (χ3n) is 1.36. The fourth-order valence-corrected chi connectivity index (χ4v) is 0.935. The lowest BCUT2D eigenvalue weighted by atomic mass is 10.2. The van der Waals surface area contributed by atoms with Gasteiger partial charge in [0.05, 0.1) is 0 Å². The first-order valence-corrected chi connectivity index (χ1v) is 3.46. The number of benzene rings is 1. The molecule has 4 heteroatoms. The lowest BCUT2D eigenvalue weighted by Gasteiger charge is -2.02. The number of nitrogens with two attached hydrogens (primary N) is 1. The molecule has 1 aromatic rings. The number of hydrazine groups is 1. The molecule has 0 heterocycles. The summed E-state index contributed by atoms with van der Waals surface area (Å²) in [6.45, 7) is -0.575. The van der Waals surface area contributed by atoms with Crippen molar-refractivity contribution in [3.63, 3.8) is 0 Å². The highest BCUT2D eigenvalue weighted by Gasteiger charge is 1.99. The van der Waals surface area contributed by atoms with Gasteiger partial charge in [-0.25, -0.2) is 4.39 Å². The number of rotatable bonds is 2. The lowest BCUT2D eigenvalue weighted by Crippen LogP contribution is -2.06. The minimum absolute atomic E-state index is 0.423. The second-order valence-electron chi connectivity index (χ2n) is 2.08. The third-order valence-corrected chi connectivity index (χ3v) is 1.73. The van der Waals surface area contributed by atoms with Crippen LogP contribution in [0.3, 0.4) is 0 Å². The van der Waals surface area contributed by atoms with Crippen molar-refractivity contribution >= 4 is 17.3 Å². The highest BCUT2D eigenvalue weighted by Crippen LogP contribution is 2.20. The molecule has 1 aromatic carbocycles. The fourth-order valence-electron chi connectivity index (χ4n) is 0.767. The first-order chi connectivity index (χ1) is 5.27. The van der Waals surface area contributed by atoms with Crippen LogP contribution in [-0.4, -0.2) is 0 Å². The molecule has 0 saturated heterocycles. The van der Waals surface area contributed by atoms with Crippen molar-refractivity contribution in [1.29, 1.82) is 0 Å². The van der Waals surface area contributed by atoms with Crippen LogP contribution < -0.4 is 11.3 Å². The van der Waals surface area contributed by atoms with Crippen molar-refractivity contribution in [3.05, 3.63) is 28.8 Å². The molecular formula is C7H8ClFN2. The zero-order valence-corrected chi connectivity index (χ0v) is 6.53. The van der Waals surface area contributed by atoms with Gasteiger partial charge in [0.1, 0.15) is 6.67 Å². The van der Waals surface area contributed by atoms with Gasteiger partial charge in [-0.15, -0.1) is 0 Å². The Morgan fingerprint density at radius 1 is 1.55 bits per heavy atom. The maximum Gasteiger partial charge on any atom is 0.116 e. The number of hydrogen-bond donors (Lipinski definition) is 2. The van der Waals surface area contributed by atoms with Crippen LogP contribution in [0.5, 0.6) is 0 Å².